The predicted molar refractivity (Wildman–Crippen MR) is 42.8 cm³/mol. The van der Waals surface area contributed by atoms with Gasteiger partial charge in [0.25, 0.3) is 0 Å². The Bertz CT molecular complexity index is 166. The Morgan fingerprint density at radius 3 is 1.91 bits per heavy atom. The zero-order valence-electron chi connectivity index (χ0n) is 7.55. The fourth-order valence-electron chi connectivity index (χ4n) is 0.474. The Morgan fingerprint density at radius 2 is 1.64 bits per heavy atom. The summed E-state index contributed by atoms with van der Waals surface area (Å²) in [5.41, 5.74) is 0. The number of rotatable bonds is 3. The third-order valence-corrected chi connectivity index (χ3v) is 1.42. The van der Waals surface area contributed by atoms with Crippen molar-refractivity contribution in [3.8, 4) is 0 Å². The van der Waals surface area contributed by atoms with Gasteiger partial charge in [-0.25, -0.2) is 0 Å². The number of allylic oxidation sites excluding steroid dienone is 2. The third kappa shape index (κ3) is 3.81. The van der Waals surface area contributed by atoms with Crippen LogP contribution in [0.3, 0.4) is 0 Å². The molecular formula is C9H15O2-. The maximum absolute atomic E-state index is 11.0. The molecular weight excluding hydrogens is 140 g/mol. The molecule has 0 saturated carbocycles. The molecule has 0 unspecified atom stereocenters. The predicted octanol–water partition coefficient (Wildman–Crippen LogP) is 1.11. The molecule has 0 aliphatic carbocycles. The van der Waals surface area contributed by atoms with Crippen LogP contribution in [-0.2, 0) is 4.79 Å². The Hall–Kier alpha value is -0.790. The second-order valence-corrected chi connectivity index (χ2v) is 3.26. The summed E-state index contributed by atoms with van der Waals surface area (Å²) in [5, 5.41) is 11.0. The molecule has 2 nitrogen and oxygen atoms in total. The lowest BCUT2D eigenvalue weighted by Gasteiger charge is -2.15. The minimum atomic E-state index is -0.0799. The SMILES string of the molecule is CC(C)C(=O)C=C([O-])C(C)C. The molecule has 0 radical (unpaired) electrons. The molecule has 64 valence electrons. The molecule has 0 amide bonds. The maximum atomic E-state index is 11.0. The second-order valence-electron chi connectivity index (χ2n) is 3.26. The van der Waals surface area contributed by atoms with E-state index in [4.69, 9.17) is 0 Å². The molecule has 0 rings (SSSR count). The van der Waals surface area contributed by atoms with E-state index in [1.165, 1.54) is 6.08 Å². The van der Waals surface area contributed by atoms with Crippen molar-refractivity contribution in [1.29, 1.82) is 0 Å². The van der Waals surface area contributed by atoms with Gasteiger partial charge < -0.3 is 5.11 Å². The van der Waals surface area contributed by atoms with Gasteiger partial charge in [-0.15, -0.1) is 5.76 Å². The summed E-state index contributed by atoms with van der Waals surface area (Å²) in [6.07, 6.45) is 1.20. The summed E-state index contributed by atoms with van der Waals surface area (Å²) < 4.78 is 0. The van der Waals surface area contributed by atoms with Crippen LogP contribution in [0.15, 0.2) is 11.8 Å². The highest BCUT2D eigenvalue weighted by Gasteiger charge is 2.02. The van der Waals surface area contributed by atoms with Gasteiger partial charge >= 0.3 is 0 Å². The molecule has 0 N–H and O–H groups in total. The van der Waals surface area contributed by atoms with Crippen LogP contribution in [0.2, 0.25) is 0 Å². The van der Waals surface area contributed by atoms with Crippen molar-refractivity contribution < 1.29 is 9.90 Å². The van der Waals surface area contributed by atoms with Crippen molar-refractivity contribution in [1.82, 2.24) is 0 Å². The summed E-state index contributed by atoms with van der Waals surface area (Å²) in [7, 11) is 0. The van der Waals surface area contributed by atoms with Crippen molar-refractivity contribution in [2.75, 3.05) is 0 Å². The van der Waals surface area contributed by atoms with E-state index in [-0.39, 0.29) is 23.4 Å². The lowest BCUT2D eigenvalue weighted by Crippen LogP contribution is -2.14. The molecule has 0 atom stereocenters. The summed E-state index contributed by atoms with van der Waals surface area (Å²) in [5.74, 6) is -0.303. The quantitative estimate of drug-likeness (QED) is 0.452. The highest BCUT2D eigenvalue weighted by atomic mass is 16.3. The van der Waals surface area contributed by atoms with Crippen molar-refractivity contribution in [3.63, 3.8) is 0 Å². The molecule has 0 fully saturated rings. The highest BCUT2D eigenvalue weighted by Crippen LogP contribution is 2.04. The first-order chi connectivity index (χ1) is 4.95. The summed E-state index contributed by atoms with van der Waals surface area (Å²) in [4.78, 5) is 11.0. The zero-order valence-corrected chi connectivity index (χ0v) is 7.55. The average Bonchev–Trinajstić information content (AvgIpc) is 1.87. The minimum absolute atomic E-state index is 0.0716. The van der Waals surface area contributed by atoms with Crippen LogP contribution >= 0.6 is 0 Å². The maximum Gasteiger partial charge on any atom is 0.157 e. The first-order valence-electron chi connectivity index (χ1n) is 3.87. The molecule has 2 heteroatoms. The molecule has 0 aliphatic rings. The van der Waals surface area contributed by atoms with Crippen LogP contribution in [0.25, 0.3) is 0 Å². The van der Waals surface area contributed by atoms with Crippen LogP contribution in [0.1, 0.15) is 27.7 Å². The van der Waals surface area contributed by atoms with Gasteiger partial charge in [-0.1, -0.05) is 27.7 Å². The van der Waals surface area contributed by atoms with Crippen molar-refractivity contribution in [2.24, 2.45) is 11.8 Å². The summed E-state index contributed by atoms with van der Waals surface area (Å²) in [6.45, 7) is 7.14. The van der Waals surface area contributed by atoms with Gasteiger partial charge in [0.05, 0.1) is 0 Å². The smallest absolute Gasteiger partial charge is 0.157 e. The zero-order chi connectivity index (χ0) is 9.02. The molecule has 0 saturated heterocycles. The van der Waals surface area contributed by atoms with Crippen LogP contribution in [0.4, 0.5) is 0 Å². The summed E-state index contributed by atoms with van der Waals surface area (Å²) >= 11 is 0. The van der Waals surface area contributed by atoms with Crippen LogP contribution in [-0.4, -0.2) is 5.78 Å². The van der Waals surface area contributed by atoms with E-state index in [1.807, 2.05) is 0 Å². The number of carbonyl (C=O) groups excluding carboxylic acids is 1. The molecule has 0 heterocycles. The third-order valence-electron chi connectivity index (χ3n) is 1.42. The van der Waals surface area contributed by atoms with E-state index in [9.17, 15) is 9.90 Å². The van der Waals surface area contributed by atoms with Crippen molar-refractivity contribution in [3.05, 3.63) is 11.8 Å². The number of hydrogen-bond acceptors (Lipinski definition) is 2. The lowest BCUT2D eigenvalue weighted by atomic mass is 10.1. The van der Waals surface area contributed by atoms with Crippen LogP contribution < -0.4 is 5.11 Å². The monoisotopic (exact) mass is 155 g/mol. The van der Waals surface area contributed by atoms with E-state index < -0.39 is 0 Å². The van der Waals surface area contributed by atoms with Crippen LogP contribution in [0, 0.1) is 11.8 Å². The standard InChI is InChI=1S/C9H16O2/c1-6(2)8(10)5-9(11)7(3)4/h5-7,10H,1-4H3/p-1. The van der Waals surface area contributed by atoms with Gasteiger partial charge in [0.2, 0.25) is 0 Å². The number of ketones is 1. The average molecular weight is 155 g/mol. The Morgan fingerprint density at radius 1 is 1.18 bits per heavy atom. The topological polar surface area (TPSA) is 40.1 Å². The van der Waals surface area contributed by atoms with Gasteiger partial charge in [0.15, 0.2) is 5.78 Å². The summed E-state index contributed by atoms with van der Waals surface area (Å²) in [6, 6.07) is 0. The Kier molecular flexibility index (Phi) is 3.86. The van der Waals surface area contributed by atoms with E-state index >= 15 is 0 Å². The minimum Gasteiger partial charge on any atom is -0.875 e. The Labute approximate surface area is 67.9 Å². The molecule has 0 spiro atoms. The number of carbonyl (C=O) groups is 1. The van der Waals surface area contributed by atoms with Crippen molar-refractivity contribution >= 4 is 5.78 Å². The van der Waals surface area contributed by atoms with E-state index in [0.29, 0.717) is 0 Å². The molecule has 0 bridgehead atoms. The first-order valence-corrected chi connectivity index (χ1v) is 3.87. The highest BCUT2D eigenvalue weighted by molar-refractivity contribution is 5.91. The van der Waals surface area contributed by atoms with Gasteiger partial charge in [-0.3, -0.25) is 4.79 Å². The van der Waals surface area contributed by atoms with Gasteiger partial charge in [-0.2, -0.15) is 0 Å². The second kappa shape index (κ2) is 4.16. The molecule has 0 aromatic carbocycles. The van der Waals surface area contributed by atoms with E-state index in [1.54, 1.807) is 27.7 Å². The first kappa shape index (κ1) is 10.2. The fourth-order valence-corrected chi connectivity index (χ4v) is 0.474. The van der Waals surface area contributed by atoms with E-state index in [2.05, 4.69) is 0 Å². The largest absolute Gasteiger partial charge is 0.875 e. The molecule has 0 aromatic rings. The van der Waals surface area contributed by atoms with Gasteiger partial charge in [0, 0.05) is 5.92 Å². The molecule has 0 aliphatic heterocycles. The Balaban J connectivity index is 4.20. The van der Waals surface area contributed by atoms with Crippen LogP contribution in [0.5, 0.6) is 0 Å². The molecule has 0 aromatic heterocycles. The fraction of sp³-hybridized carbons (Fsp3) is 0.667. The van der Waals surface area contributed by atoms with Gasteiger partial charge in [0.1, 0.15) is 0 Å². The normalized spacial score (nSPS) is 12.7. The lowest BCUT2D eigenvalue weighted by molar-refractivity contribution is -0.313. The van der Waals surface area contributed by atoms with Crippen molar-refractivity contribution in [2.45, 2.75) is 27.7 Å². The van der Waals surface area contributed by atoms with E-state index in [0.717, 1.165) is 0 Å². The number of hydrogen-bond donors (Lipinski definition) is 0. The van der Waals surface area contributed by atoms with Gasteiger partial charge in [-0.05, 0) is 12.0 Å². The molecule has 11 heavy (non-hydrogen) atoms.